The Balaban J connectivity index is 2.25. The number of hydrogen-bond acceptors (Lipinski definition) is 5. The molecule has 2 N–H and O–H groups in total. The summed E-state index contributed by atoms with van der Waals surface area (Å²) >= 11 is 6.97. The average molecular weight is 228 g/mol. The Bertz CT molecular complexity index is 432. The van der Waals surface area contributed by atoms with Crippen LogP contribution in [0.1, 0.15) is 0 Å². The van der Waals surface area contributed by atoms with Gasteiger partial charge in [-0.2, -0.15) is 0 Å². The third-order valence-electron chi connectivity index (χ3n) is 1.44. The maximum Gasteiger partial charge on any atom is 0.262 e. The van der Waals surface area contributed by atoms with E-state index in [-0.39, 0.29) is 0 Å². The minimum atomic E-state index is 0.506. The first-order valence-corrected chi connectivity index (χ1v) is 4.93. The summed E-state index contributed by atoms with van der Waals surface area (Å²) in [6, 6.07) is 1.64. The number of anilines is 1. The van der Waals surface area contributed by atoms with Gasteiger partial charge in [-0.05, 0) is 17.8 Å². The van der Waals surface area contributed by atoms with Crippen LogP contribution in [0.15, 0.2) is 39.4 Å². The highest BCUT2D eigenvalue weighted by Gasteiger charge is 2.06. The van der Waals surface area contributed by atoms with Crippen LogP contribution in [-0.2, 0) is 0 Å². The Labute approximate surface area is 89.5 Å². The Kier molecular flexibility index (Phi) is 2.60. The predicted molar refractivity (Wildman–Crippen MR) is 54.3 cm³/mol. The minimum Gasteiger partial charge on any atom is -0.440 e. The van der Waals surface area contributed by atoms with Gasteiger partial charge in [-0.1, -0.05) is 11.6 Å². The second kappa shape index (κ2) is 3.89. The zero-order valence-electron chi connectivity index (χ0n) is 6.98. The smallest absolute Gasteiger partial charge is 0.262 e. The van der Waals surface area contributed by atoms with E-state index in [1.165, 1.54) is 24.2 Å². The Morgan fingerprint density at radius 2 is 2.29 bits per heavy atom. The number of rotatable bonds is 2. The van der Waals surface area contributed by atoms with Gasteiger partial charge in [0.15, 0.2) is 0 Å². The van der Waals surface area contributed by atoms with Crippen LogP contribution in [0.2, 0.25) is 5.02 Å². The van der Waals surface area contributed by atoms with Crippen molar-refractivity contribution in [1.29, 1.82) is 0 Å². The van der Waals surface area contributed by atoms with E-state index in [0.717, 1.165) is 0 Å². The standard InChI is InChI=1S/C8H6ClN3OS/c9-5-3-6(10)7(12-4-5)14-8-11-1-2-13-8/h1-4H,10H2. The fourth-order valence-electron chi connectivity index (χ4n) is 0.871. The molecule has 2 aromatic heterocycles. The highest BCUT2D eigenvalue weighted by atomic mass is 35.5. The number of halogens is 1. The van der Waals surface area contributed by atoms with Crippen molar-refractivity contribution in [2.75, 3.05) is 5.73 Å². The monoisotopic (exact) mass is 227 g/mol. The van der Waals surface area contributed by atoms with E-state index < -0.39 is 0 Å². The number of nitrogens with zero attached hydrogens (tertiary/aromatic N) is 2. The molecule has 2 aromatic rings. The summed E-state index contributed by atoms with van der Waals surface area (Å²) in [6.07, 6.45) is 4.59. The fourth-order valence-corrected chi connectivity index (χ4v) is 1.70. The number of aromatic nitrogens is 2. The molecule has 2 heterocycles. The summed E-state index contributed by atoms with van der Waals surface area (Å²) in [5.74, 6) is 0. The molecule has 0 radical (unpaired) electrons. The van der Waals surface area contributed by atoms with E-state index in [4.69, 9.17) is 21.8 Å². The summed E-state index contributed by atoms with van der Waals surface area (Å²) in [6.45, 7) is 0. The summed E-state index contributed by atoms with van der Waals surface area (Å²) in [7, 11) is 0. The lowest BCUT2D eigenvalue weighted by Crippen LogP contribution is -1.91. The van der Waals surface area contributed by atoms with Crippen LogP contribution in [0, 0.1) is 0 Å². The second-order valence-electron chi connectivity index (χ2n) is 2.45. The van der Waals surface area contributed by atoms with Crippen molar-refractivity contribution in [3.63, 3.8) is 0 Å². The van der Waals surface area contributed by atoms with Gasteiger partial charge < -0.3 is 10.2 Å². The number of pyridine rings is 1. The molecule has 2 rings (SSSR count). The van der Waals surface area contributed by atoms with Crippen LogP contribution in [-0.4, -0.2) is 9.97 Å². The summed E-state index contributed by atoms with van der Waals surface area (Å²) in [5, 5.41) is 1.66. The zero-order chi connectivity index (χ0) is 9.97. The normalized spacial score (nSPS) is 10.4. The van der Waals surface area contributed by atoms with Crippen LogP contribution in [0.5, 0.6) is 0 Å². The summed E-state index contributed by atoms with van der Waals surface area (Å²) < 4.78 is 5.05. The van der Waals surface area contributed by atoms with Gasteiger partial charge in [0.1, 0.15) is 11.3 Å². The Morgan fingerprint density at radius 3 is 2.93 bits per heavy atom. The molecule has 0 fully saturated rings. The third kappa shape index (κ3) is 2.00. The lowest BCUT2D eigenvalue weighted by atomic mass is 10.4. The summed E-state index contributed by atoms with van der Waals surface area (Å²) in [5.41, 5.74) is 6.22. The molecule has 72 valence electrons. The first-order chi connectivity index (χ1) is 6.75. The molecule has 0 atom stereocenters. The molecule has 0 bridgehead atoms. The van der Waals surface area contributed by atoms with Crippen molar-refractivity contribution in [2.45, 2.75) is 10.2 Å². The molecule has 0 saturated carbocycles. The molecule has 0 saturated heterocycles. The van der Waals surface area contributed by atoms with Crippen molar-refractivity contribution < 1.29 is 4.42 Å². The SMILES string of the molecule is Nc1cc(Cl)cnc1Sc1ncco1. The van der Waals surface area contributed by atoms with Crippen LogP contribution in [0.25, 0.3) is 0 Å². The van der Waals surface area contributed by atoms with Gasteiger partial charge in [0.05, 0.1) is 16.9 Å². The van der Waals surface area contributed by atoms with Gasteiger partial charge >= 0.3 is 0 Å². The van der Waals surface area contributed by atoms with Crippen molar-refractivity contribution >= 4 is 29.1 Å². The molecule has 0 spiro atoms. The van der Waals surface area contributed by atoms with Crippen molar-refractivity contribution in [2.24, 2.45) is 0 Å². The first kappa shape index (κ1) is 9.36. The maximum absolute atomic E-state index is 5.71. The highest BCUT2D eigenvalue weighted by Crippen LogP contribution is 2.29. The minimum absolute atomic E-state index is 0.506. The zero-order valence-corrected chi connectivity index (χ0v) is 8.55. The van der Waals surface area contributed by atoms with Crippen LogP contribution < -0.4 is 5.73 Å². The quantitative estimate of drug-likeness (QED) is 0.854. The van der Waals surface area contributed by atoms with Gasteiger partial charge in [0.25, 0.3) is 5.22 Å². The van der Waals surface area contributed by atoms with E-state index in [1.807, 2.05) is 0 Å². The molecule has 0 aromatic carbocycles. The lowest BCUT2D eigenvalue weighted by molar-refractivity contribution is 0.454. The molecular weight excluding hydrogens is 222 g/mol. The third-order valence-corrected chi connectivity index (χ3v) is 2.56. The molecule has 0 aliphatic carbocycles. The van der Waals surface area contributed by atoms with E-state index in [9.17, 15) is 0 Å². The first-order valence-electron chi connectivity index (χ1n) is 3.74. The number of nitrogens with two attached hydrogens (primary N) is 1. The van der Waals surface area contributed by atoms with Crippen molar-refractivity contribution in [3.05, 3.63) is 29.7 Å². The van der Waals surface area contributed by atoms with Gasteiger partial charge in [0.2, 0.25) is 0 Å². The average Bonchev–Trinajstić information content (AvgIpc) is 2.62. The molecule has 0 aliphatic rings. The van der Waals surface area contributed by atoms with Crippen LogP contribution in [0.4, 0.5) is 5.69 Å². The van der Waals surface area contributed by atoms with E-state index in [0.29, 0.717) is 21.0 Å². The Morgan fingerprint density at radius 1 is 1.43 bits per heavy atom. The maximum atomic E-state index is 5.71. The van der Waals surface area contributed by atoms with E-state index in [1.54, 1.807) is 12.3 Å². The van der Waals surface area contributed by atoms with Gasteiger partial charge in [-0.15, -0.1) is 0 Å². The topological polar surface area (TPSA) is 64.9 Å². The largest absolute Gasteiger partial charge is 0.440 e. The summed E-state index contributed by atoms with van der Waals surface area (Å²) in [4.78, 5) is 8.00. The Hall–Kier alpha value is -1.20. The second-order valence-corrected chi connectivity index (χ2v) is 3.82. The fraction of sp³-hybridized carbons (Fsp3) is 0. The predicted octanol–water partition coefficient (Wildman–Crippen LogP) is 2.46. The van der Waals surface area contributed by atoms with Gasteiger partial charge in [-0.3, -0.25) is 0 Å². The number of oxazole rings is 1. The molecule has 0 aliphatic heterocycles. The molecule has 0 amide bonds. The van der Waals surface area contributed by atoms with Crippen molar-refractivity contribution in [3.8, 4) is 0 Å². The van der Waals surface area contributed by atoms with Crippen LogP contribution >= 0.6 is 23.4 Å². The van der Waals surface area contributed by atoms with Crippen molar-refractivity contribution in [1.82, 2.24) is 9.97 Å². The lowest BCUT2D eigenvalue weighted by Gasteiger charge is -2.00. The highest BCUT2D eigenvalue weighted by molar-refractivity contribution is 7.99. The molecule has 6 heteroatoms. The van der Waals surface area contributed by atoms with E-state index >= 15 is 0 Å². The van der Waals surface area contributed by atoms with Gasteiger partial charge in [-0.25, -0.2) is 9.97 Å². The molecule has 0 unspecified atom stereocenters. The molecule has 14 heavy (non-hydrogen) atoms. The number of hydrogen-bond donors (Lipinski definition) is 1. The van der Waals surface area contributed by atoms with Crippen LogP contribution in [0.3, 0.4) is 0 Å². The number of nitrogen functional groups attached to an aromatic ring is 1. The molecule has 4 nitrogen and oxygen atoms in total. The van der Waals surface area contributed by atoms with Gasteiger partial charge in [0, 0.05) is 6.20 Å². The van der Waals surface area contributed by atoms with E-state index in [2.05, 4.69) is 9.97 Å². The molecular formula is C8H6ClN3OS.